The summed E-state index contributed by atoms with van der Waals surface area (Å²) >= 11 is 0. The monoisotopic (exact) mass is 283 g/mol. The molecule has 2 N–H and O–H groups in total. The van der Waals surface area contributed by atoms with Gasteiger partial charge in [-0.05, 0) is 61.6 Å². The summed E-state index contributed by atoms with van der Waals surface area (Å²) in [7, 11) is 0. The van der Waals surface area contributed by atoms with Crippen LogP contribution in [0.2, 0.25) is 0 Å². The molecular weight excluding hydrogens is 258 g/mol. The average Bonchev–Trinajstić information content (AvgIpc) is 2.51. The van der Waals surface area contributed by atoms with Gasteiger partial charge in [-0.2, -0.15) is 0 Å². The van der Waals surface area contributed by atoms with Gasteiger partial charge < -0.3 is 5.73 Å². The quantitative estimate of drug-likeness (QED) is 0.838. The number of nitrogens with zero attached hydrogens (tertiary/aromatic N) is 2. The van der Waals surface area contributed by atoms with Crippen LogP contribution in [-0.2, 0) is 6.42 Å². The fraction of sp³-hybridized carbons (Fsp3) is 0.444. The maximum absolute atomic E-state index is 6.15. The van der Waals surface area contributed by atoms with Crippen molar-refractivity contribution in [2.45, 2.75) is 52.0 Å². The molecule has 0 aliphatic heterocycles. The van der Waals surface area contributed by atoms with Crippen LogP contribution < -0.4 is 5.73 Å². The number of aryl methyl sites for hydroxylation is 2. The molecule has 1 unspecified atom stereocenters. The highest BCUT2D eigenvalue weighted by molar-refractivity contribution is 5.55. The van der Waals surface area contributed by atoms with Gasteiger partial charge in [0.2, 0.25) is 0 Å². The Kier molecular flexibility index (Phi) is 5.88. The summed E-state index contributed by atoms with van der Waals surface area (Å²) < 4.78 is 0. The second-order valence-corrected chi connectivity index (χ2v) is 5.71. The molecule has 112 valence electrons. The molecule has 0 saturated carbocycles. The third-order valence-corrected chi connectivity index (χ3v) is 3.73. The van der Waals surface area contributed by atoms with E-state index in [1.54, 1.807) is 0 Å². The van der Waals surface area contributed by atoms with Crippen molar-refractivity contribution >= 4 is 0 Å². The van der Waals surface area contributed by atoms with Crippen LogP contribution in [0.25, 0.3) is 11.4 Å². The van der Waals surface area contributed by atoms with E-state index in [1.165, 1.54) is 24.0 Å². The lowest BCUT2D eigenvalue weighted by atomic mass is 10.0. The van der Waals surface area contributed by atoms with Crippen molar-refractivity contribution in [1.29, 1.82) is 0 Å². The van der Waals surface area contributed by atoms with Crippen LogP contribution in [0.15, 0.2) is 36.7 Å². The van der Waals surface area contributed by atoms with E-state index in [9.17, 15) is 0 Å². The minimum Gasteiger partial charge on any atom is -0.328 e. The van der Waals surface area contributed by atoms with Crippen LogP contribution in [0.1, 0.15) is 43.7 Å². The summed E-state index contributed by atoms with van der Waals surface area (Å²) in [6.07, 6.45) is 9.29. The molecule has 0 aliphatic rings. The van der Waals surface area contributed by atoms with Gasteiger partial charge in [-0.25, -0.2) is 0 Å². The minimum atomic E-state index is 0.304. The molecule has 0 bridgehead atoms. The number of hydrogen-bond acceptors (Lipinski definition) is 3. The average molecular weight is 283 g/mol. The molecular formula is C18H25N3. The third-order valence-electron chi connectivity index (χ3n) is 3.73. The standard InChI is InChI=1S/C18H25N3/c1-3-4-5-16(19)7-6-15-9-11-21-18(13-15)17-12-14(2)8-10-20-17/h8-13,16H,3-7,19H2,1-2H3. The maximum Gasteiger partial charge on any atom is 0.0888 e. The van der Waals surface area contributed by atoms with Gasteiger partial charge in [-0.15, -0.1) is 0 Å². The van der Waals surface area contributed by atoms with Gasteiger partial charge in [0.15, 0.2) is 0 Å². The molecule has 2 aromatic heterocycles. The maximum atomic E-state index is 6.15. The molecule has 2 rings (SSSR count). The van der Waals surface area contributed by atoms with E-state index in [0.29, 0.717) is 6.04 Å². The SMILES string of the molecule is CCCCC(N)CCc1ccnc(-c2cc(C)ccn2)c1. The van der Waals surface area contributed by atoms with E-state index in [1.807, 2.05) is 18.5 Å². The van der Waals surface area contributed by atoms with Crippen molar-refractivity contribution in [1.82, 2.24) is 9.97 Å². The van der Waals surface area contributed by atoms with Crippen LogP contribution in [0.4, 0.5) is 0 Å². The van der Waals surface area contributed by atoms with Crippen molar-refractivity contribution in [2.75, 3.05) is 0 Å². The van der Waals surface area contributed by atoms with Gasteiger partial charge in [0.1, 0.15) is 0 Å². The number of hydrogen-bond donors (Lipinski definition) is 1. The first-order chi connectivity index (χ1) is 10.2. The fourth-order valence-corrected chi connectivity index (χ4v) is 2.41. The molecule has 0 radical (unpaired) electrons. The van der Waals surface area contributed by atoms with Crippen LogP contribution in [-0.4, -0.2) is 16.0 Å². The van der Waals surface area contributed by atoms with E-state index in [0.717, 1.165) is 30.7 Å². The Balaban J connectivity index is 2.01. The molecule has 0 fully saturated rings. The Labute approximate surface area is 127 Å². The zero-order chi connectivity index (χ0) is 15.1. The molecule has 2 aromatic rings. The van der Waals surface area contributed by atoms with Crippen molar-refractivity contribution < 1.29 is 0 Å². The summed E-state index contributed by atoms with van der Waals surface area (Å²) in [5.41, 5.74) is 10.5. The molecule has 21 heavy (non-hydrogen) atoms. The topological polar surface area (TPSA) is 51.8 Å². The molecule has 0 aromatic carbocycles. The summed E-state index contributed by atoms with van der Waals surface area (Å²) in [6.45, 7) is 4.28. The van der Waals surface area contributed by atoms with Crippen molar-refractivity contribution in [3.05, 3.63) is 47.8 Å². The smallest absolute Gasteiger partial charge is 0.0888 e. The second kappa shape index (κ2) is 7.89. The first-order valence-corrected chi connectivity index (χ1v) is 7.82. The van der Waals surface area contributed by atoms with Crippen molar-refractivity contribution in [3.63, 3.8) is 0 Å². The Morgan fingerprint density at radius 2 is 1.76 bits per heavy atom. The van der Waals surface area contributed by atoms with E-state index >= 15 is 0 Å². The fourth-order valence-electron chi connectivity index (χ4n) is 2.41. The van der Waals surface area contributed by atoms with Crippen LogP contribution in [0, 0.1) is 6.92 Å². The lowest BCUT2D eigenvalue weighted by Crippen LogP contribution is -2.20. The molecule has 0 amide bonds. The molecule has 1 atom stereocenters. The molecule has 3 nitrogen and oxygen atoms in total. The zero-order valence-electron chi connectivity index (χ0n) is 13.0. The van der Waals surface area contributed by atoms with Gasteiger partial charge in [-0.3, -0.25) is 9.97 Å². The number of pyridine rings is 2. The van der Waals surface area contributed by atoms with Gasteiger partial charge in [0.05, 0.1) is 11.4 Å². The Morgan fingerprint density at radius 1 is 1.05 bits per heavy atom. The highest BCUT2D eigenvalue weighted by atomic mass is 14.8. The van der Waals surface area contributed by atoms with E-state index < -0.39 is 0 Å². The zero-order valence-corrected chi connectivity index (χ0v) is 13.0. The highest BCUT2D eigenvalue weighted by Gasteiger charge is 2.05. The summed E-state index contributed by atoms with van der Waals surface area (Å²) in [5.74, 6) is 0. The normalized spacial score (nSPS) is 12.3. The van der Waals surface area contributed by atoms with E-state index in [4.69, 9.17) is 5.73 Å². The Bertz CT molecular complexity index is 566. The van der Waals surface area contributed by atoms with Gasteiger partial charge in [-0.1, -0.05) is 19.8 Å². The van der Waals surface area contributed by atoms with Crippen LogP contribution >= 0.6 is 0 Å². The van der Waals surface area contributed by atoms with Gasteiger partial charge in [0.25, 0.3) is 0 Å². The Hall–Kier alpha value is -1.74. The Morgan fingerprint density at radius 3 is 2.48 bits per heavy atom. The number of rotatable bonds is 7. The lowest BCUT2D eigenvalue weighted by molar-refractivity contribution is 0.541. The van der Waals surface area contributed by atoms with E-state index in [-0.39, 0.29) is 0 Å². The predicted octanol–water partition coefficient (Wildman–Crippen LogP) is 3.90. The molecule has 2 heterocycles. The third kappa shape index (κ3) is 4.94. The summed E-state index contributed by atoms with van der Waals surface area (Å²) in [4.78, 5) is 8.83. The molecule has 0 saturated heterocycles. The first-order valence-electron chi connectivity index (χ1n) is 7.82. The minimum absolute atomic E-state index is 0.304. The molecule has 0 spiro atoms. The molecule has 0 aliphatic carbocycles. The summed E-state index contributed by atoms with van der Waals surface area (Å²) in [6, 6.07) is 8.58. The van der Waals surface area contributed by atoms with Gasteiger partial charge in [0, 0.05) is 18.4 Å². The first kappa shape index (κ1) is 15.6. The number of unbranched alkanes of at least 4 members (excludes halogenated alkanes) is 1. The van der Waals surface area contributed by atoms with Crippen LogP contribution in [0.5, 0.6) is 0 Å². The van der Waals surface area contributed by atoms with Crippen molar-refractivity contribution in [3.8, 4) is 11.4 Å². The van der Waals surface area contributed by atoms with E-state index in [2.05, 4.69) is 42.0 Å². The highest BCUT2D eigenvalue weighted by Crippen LogP contribution is 2.17. The summed E-state index contributed by atoms with van der Waals surface area (Å²) in [5, 5.41) is 0. The van der Waals surface area contributed by atoms with Crippen LogP contribution in [0.3, 0.4) is 0 Å². The number of nitrogens with two attached hydrogens (primary N) is 1. The lowest BCUT2D eigenvalue weighted by Gasteiger charge is -2.11. The van der Waals surface area contributed by atoms with Crippen molar-refractivity contribution in [2.24, 2.45) is 5.73 Å². The largest absolute Gasteiger partial charge is 0.328 e. The molecule has 3 heteroatoms. The number of aromatic nitrogens is 2. The van der Waals surface area contributed by atoms with Gasteiger partial charge >= 0.3 is 0 Å². The predicted molar refractivity (Wildman–Crippen MR) is 88.0 cm³/mol. The second-order valence-electron chi connectivity index (χ2n) is 5.71.